The Bertz CT molecular complexity index is 419. The maximum atomic E-state index is 12.3. The normalized spacial score (nSPS) is 13.7. The van der Waals surface area contributed by atoms with Crippen LogP contribution in [0.15, 0.2) is 0 Å². The molecule has 0 spiro atoms. The van der Waals surface area contributed by atoms with Gasteiger partial charge in [0, 0.05) is 0 Å². The van der Waals surface area contributed by atoms with Crippen LogP contribution in [0.3, 0.4) is 0 Å². The monoisotopic (exact) mass is 283 g/mol. The lowest BCUT2D eigenvalue weighted by atomic mass is 10.0. The van der Waals surface area contributed by atoms with Crippen LogP contribution in [0.5, 0.6) is 0 Å². The second-order valence-corrected chi connectivity index (χ2v) is 5.05. The Morgan fingerprint density at radius 1 is 1.44 bits per heavy atom. The Labute approximate surface area is 105 Å². The van der Waals surface area contributed by atoms with Crippen LogP contribution in [0.4, 0.5) is 18.3 Å². The van der Waals surface area contributed by atoms with Gasteiger partial charge in [-0.25, -0.2) is 4.79 Å². The number of rotatable bonds is 5. The third-order valence-electron chi connectivity index (χ3n) is 1.97. The van der Waals surface area contributed by atoms with E-state index in [0.29, 0.717) is 11.3 Å². The van der Waals surface area contributed by atoms with Crippen molar-refractivity contribution < 1.29 is 23.1 Å². The van der Waals surface area contributed by atoms with Crippen LogP contribution in [0.2, 0.25) is 0 Å². The smallest absolute Gasteiger partial charge is 0.445 e. The van der Waals surface area contributed by atoms with E-state index in [2.05, 4.69) is 15.5 Å². The van der Waals surface area contributed by atoms with E-state index in [0.717, 1.165) is 0 Å². The van der Waals surface area contributed by atoms with Crippen molar-refractivity contribution in [3.8, 4) is 0 Å². The summed E-state index contributed by atoms with van der Waals surface area (Å²) >= 11 is 0.291. The van der Waals surface area contributed by atoms with Crippen LogP contribution in [0, 0.1) is 5.92 Å². The first-order valence-corrected chi connectivity index (χ1v) is 5.92. The van der Waals surface area contributed by atoms with Gasteiger partial charge in [-0.05, 0) is 12.3 Å². The van der Waals surface area contributed by atoms with Crippen molar-refractivity contribution in [1.82, 2.24) is 10.2 Å². The Morgan fingerprint density at radius 2 is 2.06 bits per heavy atom. The molecule has 0 aliphatic rings. The lowest BCUT2D eigenvalue weighted by Gasteiger charge is -2.14. The molecular weight excluding hydrogens is 271 g/mol. The summed E-state index contributed by atoms with van der Waals surface area (Å²) in [5, 5.41) is 16.4. The number of carboxylic acids is 1. The molecule has 0 aromatic carbocycles. The molecule has 1 heterocycles. The fourth-order valence-corrected chi connectivity index (χ4v) is 1.90. The molecule has 0 saturated heterocycles. The largest absolute Gasteiger partial charge is 0.480 e. The highest BCUT2D eigenvalue weighted by molar-refractivity contribution is 7.15. The maximum absolute atomic E-state index is 12.3. The van der Waals surface area contributed by atoms with E-state index in [9.17, 15) is 18.0 Å². The Hall–Kier alpha value is -1.38. The number of aliphatic carboxylic acids is 1. The molecule has 2 N–H and O–H groups in total. The molecule has 0 bridgehead atoms. The zero-order valence-corrected chi connectivity index (χ0v) is 10.5. The molecule has 5 nitrogen and oxygen atoms in total. The summed E-state index contributed by atoms with van der Waals surface area (Å²) in [7, 11) is 0. The Kier molecular flexibility index (Phi) is 4.49. The predicted molar refractivity (Wildman–Crippen MR) is 59.4 cm³/mol. The molecule has 1 aromatic rings. The number of carboxylic acid groups (broad SMARTS) is 1. The number of anilines is 1. The number of nitrogens with one attached hydrogen (secondary N) is 1. The highest BCUT2D eigenvalue weighted by Crippen LogP contribution is 2.33. The number of hydrogen-bond donors (Lipinski definition) is 2. The second kappa shape index (κ2) is 5.51. The van der Waals surface area contributed by atoms with Gasteiger partial charge in [-0.15, -0.1) is 10.2 Å². The van der Waals surface area contributed by atoms with Crippen molar-refractivity contribution in [2.24, 2.45) is 5.92 Å². The number of nitrogens with zero attached hydrogens (tertiary/aromatic N) is 2. The molecule has 102 valence electrons. The zero-order chi connectivity index (χ0) is 13.9. The molecule has 0 fully saturated rings. The standard InChI is InChI=1S/C9H12F3N3O2S/c1-4(2)3-5(6(16)17)13-8-15-14-7(18-8)9(10,11)12/h4-5H,3H2,1-2H3,(H,13,15)(H,16,17). The summed E-state index contributed by atoms with van der Waals surface area (Å²) in [5.41, 5.74) is 0. The molecule has 1 unspecified atom stereocenters. The first-order chi connectivity index (χ1) is 8.20. The van der Waals surface area contributed by atoms with E-state index in [1.807, 2.05) is 13.8 Å². The molecule has 1 rings (SSSR count). The molecule has 0 aliphatic carbocycles. The molecular formula is C9H12F3N3O2S. The molecule has 0 saturated carbocycles. The number of carbonyl (C=O) groups is 1. The maximum Gasteiger partial charge on any atom is 0.445 e. The molecule has 9 heteroatoms. The average Bonchev–Trinajstić information content (AvgIpc) is 2.63. The van der Waals surface area contributed by atoms with Gasteiger partial charge in [0.15, 0.2) is 0 Å². The van der Waals surface area contributed by atoms with Gasteiger partial charge >= 0.3 is 12.1 Å². The molecule has 0 amide bonds. The summed E-state index contributed by atoms with van der Waals surface area (Å²) in [6, 6.07) is -0.973. The minimum Gasteiger partial charge on any atom is -0.480 e. The number of aromatic nitrogens is 2. The summed E-state index contributed by atoms with van der Waals surface area (Å²) < 4.78 is 36.8. The first-order valence-electron chi connectivity index (χ1n) is 5.10. The van der Waals surface area contributed by atoms with Gasteiger partial charge < -0.3 is 10.4 Å². The van der Waals surface area contributed by atoms with E-state index >= 15 is 0 Å². The third kappa shape index (κ3) is 4.13. The van der Waals surface area contributed by atoms with Crippen molar-refractivity contribution in [3.63, 3.8) is 0 Å². The van der Waals surface area contributed by atoms with Crippen molar-refractivity contribution in [3.05, 3.63) is 5.01 Å². The van der Waals surface area contributed by atoms with Crippen LogP contribution >= 0.6 is 11.3 Å². The topological polar surface area (TPSA) is 75.1 Å². The summed E-state index contributed by atoms with van der Waals surface area (Å²) in [6.45, 7) is 3.64. The second-order valence-electron chi connectivity index (χ2n) is 4.07. The molecule has 1 aromatic heterocycles. The third-order valence-corrected chi connectivity index (χ3v) is 2.87. The van der Waals surface area contributed by atoms with Gasteiger partial charge in [0.25, 0.3) is 0 Å². The predicted octanol–water partition coefficient (Wildman–Crippen LogP) is 2.47. The van der Waals surface area contributed by atoms with E-state index in [1.165, 1.54) is 0 Å². The van der Waals surface area contributed by atoms with Crippen molar-refractivity contribution >= 4 is 22.4 Å². The van der Waals surface area contributed by atoms with Crippen LogP contribution < -0.4 is 5.32 Å². The van der Waals surface area contributed by atoms with E-state index in [4.69, 9.17) is 5.11 Å². The number of alkyl halides is 3. The van der Waals surface area contributed by atoms with Gasteiger partial charge in [-0.2, -0.15) is 13.2 Å². The SMILES string of the molecule is CC(C)CC(Nc1nnc(C(F)(F)F)s1)C(=O)O. The van der Waals surface area contributed by atoms with Crippen molar-refractivity contribution in [1.29, 1.82) is 0 Å². The molecule has 1 atom stereocenters. The fraction of sp³-hybridized carbons (Fsp3) is 0.667. The molecule has 18 heavy (non-hydrogen) atoms. The first kappa shape index (κ1) is 14.7. The summed E-state index contributed by atoms with van der Waals surface area (Å²) in [5.74, 6) is -1.04. The van der Waals surface area contributed by atoms with Crippen LogP contribution in [0.1, 0.15) is 25.3 Å². The van der Waals surface area contributed by atoms with Crippen LogP contribution in [-0.2, 0) is 11.0 Å². The minimum absolute atomic E-state index is 0.0913. The Morgan fingerprint density at radius 3 is 2.44 bits per heavy atom. The van der Waals surface area contributed by atoms with Gasteiger partial charge in [-0.1, -0.05) is 25.2 Å². The zero-order valence-electron chi connectivity index (χ0n) is 9.65. The van der Waals surface area contributed by atoms with Crippen molar-refractivity contribution in [2.75, 3.05) is 5.32 Å². The minimum atomic E-state index is -4.56. The van der Waals surface area contributed by atoms with E-state index in [-0.39, 0.29) is 17.5 Å². The molecule has 0 aliphatic heterocycles. The highest BCUT2D eigenvalue weighted by atomic mass is 32.1. The van der Waals surface area contributed by atoms with Crippen LogP contribution in [-0.4, -0.2) is 27.3 Å². The fourth-order valence-electron chi connectivity index (χ4n) is 1.24. The quantitative estimate of drug-likeness (QED) is 0.868. The number of halogens is 3. The lowest BCUT2D eigenvalue weighted by molar-refractivity contribution is -0.139. The molecule has 0 radical (unpaired) electrons. The van der Waals surface area contributed by atoms with Gasteiger partial charge in [-0.3, -0.25) is 0 Å². The average molecular weight is 283 g/mol. The van der Waals surface area contributed by atoms with E-state index < -0.39 is 23.2 Å². The number of hydrogen-bond acceptors (Lipinski definition) is 5. The lowest BCUT2D eigenvalue weighted by Crippen LogP contribution is -2.30. The van der Waals surface area contributed by atoms with Crippen molar-refractivity contribution in [2.45, 2.75) is 32.5 Å². The van der Waals surface area contributed by atoms with Gasteiger partial charge in [0.2, 0.25) is 10.1 Å². The van der Waals surface area contributed by atoms with E-state index in [1.54, 1.807) is 0 Å². The summed E-state index contributed by atoms with van der Waals surface area (Å²) in [4.78, 5) is 10.9. The summed E-state index contributed by atoms with van der Waals surface area (Å²) in [6.07, 6.45) is -4.27. The van der Waals surface area contributed by atoms with Gasteiger partial charge in [0.1, 0.15) is 6.04 Å². The van der Waals surface area contributed by atoms with Gasteiger partial charge in [0.05, 0.1) is 0 Å². The highest BCUT2D eigenvalue weighted by Gasteiger charge is 2.36. The Balaban J connectivity index is 2.76. The van der Waals surface area contributed by atoms with Crippen LogP contribution in [0.25, 0.3) is 0 Å².